The average molecular weight is 617 g/mol. The molecule has 0 saturated heterocycles. The minimum Gasteiger partial charge on any atom is -0.618 e. The Hall–Kier alpha value is -4.84. The van der Waals surface area contributed by atoms with E-state index in [0.29, 0.717) is 28.6 Å². The number of methoxy groups -OCH3 is 1. The molecule has 1 aliphatic rings. The molecule has 1 amide bonds. The van der Waals surface area contributed by atoms with Crippen molar-refractivity contribution in [3.63, 3.8) is 0 Å². The lowest BCUT2D eigenvalue weighted by Crippen LogP contribution is -2.36. The van der Waals surface area contributed by atoms with E-state index in [2.05, 4.69) is 30.7 Å². The Morgan fingerprint density at radius 1 is 1.11 bits per heavy atom. The summed E-state index contributed by atoms with van der Waals surface area (Å²) in [7, 11) is 1.31. The lowest BCUT2D eigenvalue weighted by Gasteiger charge is -2.26. The highest BCUT2D eigenvalue weighted by molar-refractivity contribution is 6.31. The van der Waals surface area contributed by atoms with Gasteiger partial charge in [0.1, 0.15) is 12.4 Å². The molecule has 1 N–H and O–H groups in total. The van der Waals surface area contributed by atoms with Crippen LogP contribution in [-0.4, -0.2) is 43.2 Å². The fourth-order valence-corrected chi connectivity index (χ4v) is 6.01. The topological polar surface area (TPSA) is 127 Å². The maximum absolute atomic E-state index is 15.4. The first-order chi connectivity index (χ1) is 21.4. The minimum absolute atomic E-state index is 0.0771. The van der Waals surface area contributed by atoms with Crippen LogP contribution in [0.25, 0.3) is 27.9 Å². The van der Waals surface area contributed by atoms with Gasteiger partial charge in [-0.3, -0.25) is 10.00 Å². The van der Waals surface area contributed by atoms with Gasteiger partial charge < -0.3 is 9.94 Å². The molecule has 0 bridgehead atoms. The Bertz CT molecular complexity index is 1750. The second kappa shape index (κ2) is 12.8. The van der Waals surface area contributed by atoms with Crippen LogP contribution >= 0.6 is 11.6 Å². The molecular formula is C31H30ClFN8O3. The summed E-state index contributed by atoms with van der Waals surface area (Å²) in [6.07, 6.45) is 12.3. The Balaban J connectivity index is 1.35. The molecule has 13 heteroatoms. The first kappa shape index (κ1) is 29.2. The number of pyridine rings is 1. The number of hydrogen-bond donors (Lipinski definition) is 1. The van der Waals surface area contributed by atoms with E-state index < -0.39 is 11.9 Å². The maximum Gasteiger partial charge on any atom is 0.411 e. The Morgan fingerprint density at radius 2 is 1.89 bits per heavy atom. The zero-order chi connectivity index (χ0) is 30.6. The summed E-state index contributed by atoms with van der Waals surface area (Å²) in [5.74, 6) is -0.225. The van der Waals surface area contributed by atoms with Crippen LogP contribution in [0, 0.1) is 16.9 Å². The Morgan fingerprint density at radius 3 is 2.59 bits per heavy atom. The highest BCUT2D eigenvalue weighted by Crippen LogP contribution is 2.36. The number of nitrogens with one attached hydrogen (secondary N) is 1. The predicted molar refractivity (Wildman–Crippen MR) is 162 cm³/mol. The molecule has 5 aromatic rings. The number of amides is 1. The molecule has 0 spiro atoms. The summed E-state index contributed by atoms with van der Waals surface area (Å²) in [5, 5.41) is 32.2. The van der Waals surface area contributed by atoms with Gasteiger partial charge in [-0.25, -0.2) is 9.18 Å². The molecule has 1 unspecified atom stereocenters. The van der Waals surface area contributed by atoms with Crippen LogP contribution in [0.2, 0.25) is 5.02 Å². The first-order valence-corrected chi connectivity index (χ1v) is 14.7. The molecular weight excluding hydrogens is 587 g/mol. The quantitative estimate of drug-likeness (QED) is 0.159. The molecule has 11 nitrogen and oxygen atoms in total. The van der Waals surface area contributed by atoms with Crippen LogP contribution in [0.5, 0.6) is 0 Å². The minimum atomic E-state index is -0.671. The van der Waals surface area contributed by atoms with Crippen molar-refractivity contribution in [3.05, 3.63) is 95.2 Å². The standard InChI is InChI=1S/C31H30ClFN8O3/c1-44-31(42)36-24-10-7-21(8-11-24)23-16-35-39(17-23)28(15-20-5-3-2-4-6-20)26-13-9-22(18-41(26)43)29-27(40-19-34-37-38-40)14-12-25(32)30(29)33/h7-14,16-20,28H,2-6,15H2,1H3,(H,36,42). The van der Waals surface area contributed by atoms with E-state index in [1.807, 2.05) is 23.0 Å². The van der Waals surface area contributed by atoms with E-state index >= 15 is 4.39 Å². The third-order valence-electron chi connectivity index (χ3n) is 8.10. The van der Waals surface area contributed by atoms with Gasteiger partial charge in [-0.1, -0.05) is 55.8 Å². The third-order valence-corrected chi connectivity index (χ3v) is 8.39. The number of carbonyl (C=O) groups is 1. The van der Waals surface area contributed by atoms with Gasteiger partial charge in [0.2, 0.25) is 5.69 Å². The fourth-order valence-electron chi connectivity index (χ4n) is 5.85. The summed E-state index contributed by atoms with van der Waals surface area (Å²) in [5.41, 5.74) is 3.69. The highest BCUT2D eigenvalue weighted by atomic mass is 35.5. The number of tetrazole rings is 1. The Labute approximate surface area is 257 Å². The van der Waals surface area contributed by atoms with Gasteiger partial charge in [0.15, 0.2) is 12.0 Å². The van der Waals surface area contributed by atoms with Gasteiger partial charge in [-0.15, -0.1) is 5.10 Å². The van der Waals surface area contributed by atoms with Gasteiger partial charge in [-0.05, 0) is 58.7 Å². The van der Waals surface area contributed by atoms with Crippen molar-refractivity contribution in [2.75, 3.05) is 12.4 Å². The van der Waals surface area contributed by atoms with E-state index in [1.54, 1.807) is 36.5 Å². The number of ether oxygens (including phenoxy) is 1. The van der Waals surface area contributed by atoms with Gasteiger partial charge in [0.05, 0.1) is 35.1 Å². The summed E-state index contributed by atoms with van der Waals surface area (Å²) < 4.78 is 24.0. The number of halogens is 2. The first-order valence-electron chi connectivity index (χ1n) is 14.4. The number of carbonyl (C=O) groups excluding carboxylic acids is 1. The number of aromatic nitrogens is 7. The van der Waals surface area contributed by atoms with Crippen LogP contribution in [0.15, 0.2) is 73.4 Å². The van der Waals surface area contributed by atoms with E-state index in [1.165, 1.54) is 36.8 Å². The van der Waals surface area contributed by atoms with Crippen molar-refractivity contribution in [1.82, 2.24) is 30.0 Å². The van der Waals surface area contributed by atoms with Crippen molar-refractivity contribution in [2.45, 2.75) is 44.6 Å². The lowest BCUT2D eigenvalue weighted by molar-refractivity contribution is -0.615. The molecule has 3 heterocycles. The molecule has 1 fully saturated rings. The second-order valence-electron chi connectivity index (χ2n) is 10.8. The van der Waals surface area contributed by atoms with Gasteiger partial charge >= 0.3 is 6.09 Å². The summed E-state index contributed by atoms with van der Waals surface area (Å²) in [6.45, 7) is 0. The molecule has 3 aromatic heterocycles. The fraction of sp³-hybridized carbons (Fsp3) is 0.290. The van der Waals surface area contributed by atoms with E-state index in [4.69, 9.17) is 11.6 Å². The average Bonchev–Trinajstić information content (AvgIpc) is 3.76. The smallest absolute Gasteiger partial charge is 0.411 e. The molecule has 44 heavy (non-hydrogen) atoms. The third kappa shape index (κ3) is 6.11. The summed E-state index contributed by atoms with van der Waals surface area (Å²) in [4.78, 5) is 11.5. The largest absolute Gasteiger partial charge is 0.618 e. The van der Waals surface area contributed by atoms with Crippen molar-refractivity contribution in [1.29, 1.82) is 0 Å². The molecule has 6 rings (SSSR count). The van der Waals surface area contributed by atoms with Crippen LogP contribution in [0.1, 0.15) is 50.3 Å². The van der Waals surface area contributed by atoms with E-state index in [0.717, 1.165) is 48.0 Å². The predicted octanol–water partition coefficient (Wildman–Crippen LogP) is 6.36. The SMILES string of the molecule is COC(=O)Nc1ccc(-c2cnn(C(CC3CCCCC3)c3ccc(-c4c(-n5cnnn5)ccc(Cl)c4F)c[n+]3[O-])c2)cc1. The van der Waals surface area contributed by atoms with E-state index in [-0.39, 0.29) is 16.6 Å². The lowest BCUT2D eigenvalue weighted by atomic mass is 9.84. The van der Waals surface area contributed by atoms with Gasteiger partial charge in [0, 0.05) is 23.5 Å². The van der Waals surface area contributed by atoms with Gasteiger partial charge in [-0.2, -0.15) is 14.5 Å². The molecule has 1 atom stereocenters. The van der Waals surface area contributed by atoms with Crippen molar-refractivity contribution in [2.24, 2.45) is 5.92 Å². The van der Waals surface area contributed by atoms with Crippen molar-refractivity contribution >= 4 is 23.4 Å². The monoisotopic (exact) mass is 616 g/mol. The number of anilines is 1. The highest BCUT2D eigenvalue weighted by Gasteiger charge is 2.29. The summed E-state index contributed by atoms with van der Waals surface area (Å²) >= 11 is 6.14. The van der Waals surface area contributed by atoms with Crippen LogP contribution in [-0.2, 0) is 4.74 Å². The number of hydrogen-bond acceptors (Lipinski definition) is 7. The number of nitrogens with zero attached hydrogens (tertiary/aromatic N) is 7. The maximum atomic E-state index is 15.4. The second-order valence-corrected chi connectivity index (χ2v) is 11.2. The van der Waals surface area contributed by atoms with Crippen LogP contribution in [0.4, 0.5) is 14.9 Å². The molecule has 1 aliphatic carbocycles. The zero-order valence-electron chi connectivity index (χ0n) is 23.9. The zero-order valence-corrected chi connectivity index (χ0v) is 24.7. The molecule has 0 aliphatic heterocycles. The normalized spacial score (nSPS) is 14.3. The van der Waals surface area contributed by atoms with E-state index in [9.17, 15) is 10.0 Å². The summed E-state index contributed by atoms with van der Waals surface area (Å²) in [6, 6.07) is 13.5. The molecule has 2 aromatic carbocycles. The van der Waals surface area contributed by atoms with Gasteiger partial charge in [0.25, 0.3) is 0 Å². The Kier molecular flexibility index (Phi) is 8.51. The van der Waals surface area contributed by atoms with Crippen molar-refractivity contribution < 1.29 is 18.7 Å². The molecule has 226 valence electrons. The number of rotatable bonds is 8. The molecule has 1 saturated carbocycles. The molecule has 0 radical (unpaired) electrons. The number of benzene rings is 2. The van der Waals surface area contributed by atoms with Crippen LogP contribution in [0.3, 0.4) is 0 Å². The van der Waals surface area contributed by atoms with Crippen LogP contribution < -0.4 is 10.0 Å². The van der Waals surface area contributed by atoms with Crippen molar-refractivity contribution in [3.8, 4) is 27.9 Å².